The van der Waals surface area contributed by atoms with Gasteiger partial charge in [-0.25, -0.2) is 0 Å². The van der Waals surface area contributed by atoms with Gasteiger partial charge in [0.05, 0.1) is 8.47 Å². The minimum atomic E-state index is 0.405. The molecule has 0 bridgehead atoms. The number of thioether (sulfide) groups is 4. The Morgan fingerprint density at radius 1 is 0.550 bits per heavy atom. The fraction of sp³-hybridized carbons (Fsp3) is 0. The van der Waals surface area contributed by atoms with Crippen LogP contribution in [0.3, 0.4) is 0 Å². The van der Waals surface area contributed by atoms with Crippen molar-refractivity contribution in [3.05, 3.63) is 40.2 Å². The highest BCUT2D eigenvalue weighted by atomic mass is 32.2. The van der Waals surface area contributed by atoms with Crippen LogP contribution in [0.5, 0.6) is 0 Å². The lowest BCUT2D eigenvalue weighted by molar-refractivity contribution is 1.50. The van der Waals surface area contributed by atoms with Crippen molar-refractivity contribution < 1.29 is 0 Å². The molecule has 0 amide bonds. The minimum Gasteiger partial charge on any atom is -0.192 e. The topological polar surface area (TPSA) is 95.2 Å². The largest absolute Gasteiger partial charge is 0.192 e. The number of nitrogens with zero attached hydrogens (tertiary/aromatic N) is 4. The van der Waals surface area contributed by atoms with E-state index in [1.807, 2.05) is 24.3 Å². The normalized spacial score (nSPS) is 17.4. The van der Waals surface area contributed by atoms with E-state index in [1.165, 1.54) is 47.0 Å². The van der Waals surface area contributed by atoms with Crippen LogP contribution in [0.25, 0.3) is 0 Å². The fourth-order valence-corrected chi connectivity index (χ4v) is 5.11. The molecule has 0 aromatic rings. The Morgan fingerprint density at radius 3 is 1.00 bits per heavy atom. The van der Waals surface area contributed by atoms with Crippen LogP contribution < -0.4 is 0 Å². The monoisotopic (exact) mass is 330 g/mol. The van der Waals surface area contributed by atoms with Gasteiger partial charge in [0.25, 0.3) is 0 Å². The van der Waals surface area contributed by atoms with Gasteiger partial charge in [-0.1, -0.05) is 47.0 Å². The van der Waals surface area contributed by atoms with E-state index in [-0.39, 0.29) is 0 Å². The van der Waals surface area contributed by atoms with Gasteiger partial charge in [-0.2, -0.15) is 21.0 Å². The Balaban J connectivity index is 2.10. The number of hydrogen-bond acceptors (Lipinski definition) is 8. The second-order valence-electron chi connectivity index (χ2n) is 3.14. The molecule has 2 aliphatic heterocycles. The first kappa shape index (κ1) is 14.7. The second-order valence-corrected chi connectivity index (χ2v) is 7.87. The quantitative estimate of drug-likeness (QED) is 0.707. The van der Waals surface area contributed by atoms with Crippen LogP contribution in [0.15, 0.2) is 40.2 Å². The van der Waals surface area contributed by atoms with Crippen LogP contribution in [-0.4, -0.2) is 0 Å². The number of allylic oxidation sites excluding steroid dienone is 6. The summed E-state index contributed by atoms with van der Waals surface area (Å²) in [4.78, 5) is 1.62. The highest BCUT2D eigenvalue weighted by Crippen LogP contribution is 2.51. The molecule has 0 unspecified atom stereocenters. The lowest BCUT2D eigenvalue weighted by Crippen LogP contribution is -1.66. The predicted molar refractivity (Wildman–Crippen MR) is 83.0 cm³/mol. The summed E-state index contributed by atoms with van der Waals surface area (Å²) in [5.74, 6) is 0. The average molecular weight is 330 g/mol. The van der Waals surface area contributed by atoms with Crippen molar-refractivity contribution in [2.24, 2.45) is 0 Å². The van der Waals surface area contributed by atoms with E-state index in [0.717, 1.165) is 8.47 Å². The van der Waals surface area contributed by atoms with E-state index in [0.29, 0.717) is 19.6 Å². The molecule has 0 N–H and O–H groups in total. The SMILES string of the molecule is N#CC1=C(C#N)SC(=CC=C2SC(C#N)=C(C#N)S2)S1. The van der Waals surface area contributed by atoms with Crippen molar-refractivity contribution in [3.8, 4) is 24.3 Å². The van der Waals surface area contributed by atoms with Gasteiger partial charge in [-0.15, -0.1) is 0 Å². The molecule has 0 aliphatic carbocycles. The Kier molecular flexibility index (Phi) is 4.90. The fourth-order valence-electron chi connectivity index (χ4n) is 1.20. The summed E-state index contributed by atoms with van der Waals surface area (Å²) >= 11 is 5.01. The van der Waals surface area contributed by atoms with E-state index in [2.05, 4.69) is 0 Å². The zero-order valence-corrected chi connectivity index (χ0v) is 12.8. The van der Waals surface area contributed by atoms with Gasteiger partial charge in [0.1, 0.15) is 43.9 Å². The van der Waals surface area contributed by atoms with Crippen molar-refractivity contribution in [2.45, 2.75) is 0 Å². The first-order chi connectivity index (χ1) is 9.71. The third-order valence-corrected chi connectivity index (χ3v) is 6.59. The summed E-state index contributed by atoms with van der Waals surface area (Å²) in [6, 6.07) is 7.95. The number of rotatable bonds is 1. The molecular weight excluding hydrogens is 328 g/mol. The smallest absolute Gasteiger partial charge is 0.115 e. The lowest BCUT2D eigenvalue weighted by Gasteiger charge is -1.93. The zero-order valence-electron chi connectivity index (χ0n) is 9.58. The zero-order chi connectivity index (χ0) is 14.5. The molecule has 2 rings (SSSR count). The molecule has 4 nitrogen and oxygen atoms in total. The molecule has 8 heteroatoms. The molecule has 0 fully saturated rings. The maximum absolute atomic E-state index is 8.88. The van der Waals surface area contributed by atoms with Crippen LogP contribution in [0.1, 0.15) is 0 Å². The third kappa shape index (κ3) is 3.07. The van der Waals surface area contributed by atoms with Crippen LogP contribution in [0, 0.1) is 45.3 Å². The number of hydrogen-bond donors (Lipinski definition) is 0. The van der Waals surface area contributed by atoms with Crippen LogP contribution >= 0.6 is 47.0 Å². The molecule has 0 aromatic heterocycles. The molecule has 0 saturated heterocycles. The molecule has 0 radical (unpaired) electrons. The van der Waals surface area contributed by atoms with Gasteiger partial charge in [-0.05, 0) is 12.2 Å². The van der Waals surface area contributed by atoms with Crippen molar-refractivity contribution in [2.75, 3.05) is 0 Å². The second kappa shape index (κ2) is 6.66. The van der Waals surface area contributed by atoms with Crippen molar-refractivity contribution in [3.63, 3.8) is 0 Å². The van der Waals surface area contributed by atoms with Gasteiger partial charge >= 0.3 is 0 Å². The number of nitriles is 4. The molecule has 20 heavy (non-hydrogen) atoms. The van der Waals surface area contributed by atoms with E-state index < -0.39 is 0 Å². The molecule has 2 aliphatic rings. The molecular formula is C12H2N4S4. The highest BCUT2D eigenvalue weighted by molar-refractivity contribution is 8.29. The van der Waals surface area contributed by atoms with Crippen LogP contribution in [-0.2, 0) is 0 Å². The summed E-state index contributed by atoms with van der Waals surface area (Å²) in [7, 11) is 0. The lowest BCUT2D eigenvalue weighted by atomic mass is 10.5. The standard InChI is InChI=1S/C12H2N4S4/c13-3-7-8(4-14)18-11(17-7)1-2-12-19-9(5-15)10(6-16)20-12/h1-2H. The third-order valence-electron chi connectivity index (χ3n) is 1.98. The van der Waals surface area contributed by atoms with Gasteiger partial charge in [0.15, 0.2) is 0 Å². The molecule has 0 spiro atoms. The van der Waals surface area contributed by atoms with E-state index in [4.69, 9.17) is 21.0 Å². The minimum absolute atomic E-state index is 0.405. The van der Waals surface area contributed by atoms with Gasteiger partial charge in [-0.3, -0.25) is 0 Å². The van der Waals surface area contributed by atoms with E-state index >= 15 is 0 Å². The highest BCUT2D eigenvalue weighted by Gasteiger charge is 2.22. The van der Waals surface area contributed by atoms with Crippen molar-refractivity contribution in [1.82, 2.24) is 0 Å². The molecule has 0 aromatic carbocycles. The van der Waals surface area contributed by atoms with Gasteiger partial charge < -0.3 is 0 Å². The molecule has 0 saturated carbocycles. The summed E-state index contributed by atoms with van der Waals surface area (Å²) in [5.41, 5.74) is 0. The Labute approximate surface area is 132 Å². The summed E-state index contributed by atoms with van der Waals surface area (Å²) < 4.78 is 1.66. The maximum Gasteiger partial charge on any atom is 0.115 e. The van der Waals surface area contributed by atoms with Gasteiger partial charge in [0, 0.05) is 0 Å². The van der Waals surface area contributed by atoms with Crippen LogP contribution in [0.4, 0.5) is 0 Å². The first-order valence-electron chi connectivity index (χ1n) is 4.94. The molecule has 0 atom stereocenters. The Hall–Kier alpha value is -1.68. The predicted octanol–water partition coefficient (Wildman–Crippen LogP) is 4.15. The summed E-state index contributed by atoms with van der Waals surface area (Å²) in [6.45, 7) is 0. The van der Waals surface area contributed by atoms with E-state index in [1.54, 1.807) is 12.2 Å². The average Bonchev–Trinajstić information content (AvgIpc) is 3.07. The first-order valence-corrected chi connectivity index (χ1v) is 8.20. The van der Waals surface area contributed by atoms with E-state index in [9.17, 15) is 0 Å². The Bertz CT molecular complexity index is 637. The van der Waals surface area contributed by atoms with Crippen molar-refractivity contribution in [1.29, 1.82) is 21.0 Å². The molecule has 2 heterocycles. The van der Waals surface area contributed by atoms with Gasteiger partial charge in [0.2, 0.25) is 0 Å². The Morgan fingerprint density at radius 2 is 0.800 bits per heavy atom. The van der Waals surface area contributed by atoms with Crippen LogP contribution in [0.2, 0.25) is 0 Å². The maximum atomic E-state index is 8.88. The molecule has 94 valence electrons. The summed E-state index contributed by atoms with van der Waals surface area (Å²) in [5, 5.41) is 35.5. The van der Waals surface area contributed by atoms with Crippen molar-refractivity contribution >= 4 is 47.0 Å². The summed E-state index contributed by atoms with van der Waals surface area (Å²) in [6.07, 6.45) is 3.59.